The first-order chi connectivity index (χ1) is 15.5. The lowest BCUT2D eigenvalue weighted by atomic mass is 10.1. The average molecular weight is 446 g/mol. The highest BCUT2D eigenvalue weighted by molar-refractivity contribution is 5.76. The average Bonchev–Trinajstić information content (AvgIpc) is 2.82. The molecule has 10 heteroatoms. The van der Waals surface area contributed by atoms with Crippen LogP contribution in [0.15, 0.2) is 16.9 Å². The van der Waals surface area contributed by atoms with Crippen LogP contribution in [-0.4, -0.2) is 73.5 Å². The molecule has 1 fully saturated rings. The molecule has 1 saturated heterocycles. The maximum Gasteiger partial charge on any atom is 0.273 e. The van der Waals surface area contributed by atoms with E-state index in [9.17, 15) is 9.59 Å². The summed E-state index contributed by atoms with van der Waals surface area (Å²) in [6.07, 6.45) is 4.13. The molecule has 2 N–H and O–H groups in total. The van der Waals surface area contributed by atoms with E-state index in [0.29, 0.717) is 29.4 Å². The molecule has 1 amide bonds. The van der Waals surface area contributed by atoms with Crippen LogP contribution in [-0.2, 0) is 11.2 Å². The Morgan fingerprint density at radius 1 is 1.06 bits per heavy atom. The second-order valence-electron chi connectivity index (χ2n) is 7.62. The van der Waals surface area contributed by atoms with Crippen molar-refractivity contribution >= 4 is 5.91 Å². The van der Waals surface area contributed by atoms with Crippen LogP contribution in [0, 0.1) is 0 Å². The molecule has 1 aliphatic rings. The molecule has 0 radical (unpaired) electrons. The summed E-state index contributed by atoms with van der Waals surface area (Å²) >= 11 is 0. The zero-order chi connectivity index (χ0) is 22.9. The van der Waals surface area contributed by atoms with Crippen LogP contribution < -0.4 is 25.1 Å². The highest BCUT2D eigenvalue weighted by atomic mass is 16.5. The molecule has 0 aliphatic carbocycles. The van der Waals surface area contributed by atoms with E-state index >= 15 is 0 Å². The fourth-order valence-electron chi connectivity index (χ4n) is 3.73. The van der Waals surface area contributed by atoms with Crippen LogP contribution in [0.5, 0.6) is 17.2 Å². The fourth-order valence-corrected chi connectivity index (χ4v) is 3.73. The summed E-state index contributed by atoms with van der Waals surface area (Å²) in [5, 5.41) is 11.1. The quantitative estimate of drug-likeness (QED) is 0.563. The van der Waals surface area contributed by atoms with Crippen LogP contribution in [0.2, 0.25) is 0 Å². The number of aromatic nitrogens is 3. The van der Waals surface area contributed by atoms with Gasteiger partial charge in [0.25, 0.3) is 5.56 Å². The highest BCUT2D eigenvalue weighted by Gasteiger charge is 2.16. The lowest BCUT2D eigenvalue weighted by molar-refractivity contribution is -0.121. The maximum atomic E-state index is 12.5. The number of carbonyl (C=O) groups is 1. The monoisotopic (exact) mass is 445 g/mol. The van der Waals surface area contributed by atoms with Crippen molar-refractivity contribution in [2.24, 2.45) is 0 Å². The van der Waals surface area contributed by atoms with E-state index in [1.807, 2.05) is 0 Å². The van der Waals surface area contributed by atoms with E-state index in [2.05, 4.69) is 25.4 Å². The predicted octanol–water partition coefficient (Wildman–Crippen LogP) is 1.39. The molecule has 0 unspecified atom stereocenters. The van der Waals surface area contributed by atoms with E-state index in [4.69, 9.17) is 14.2 Å². The first-order valence-electron chi connectivity index (χ1n) is 10.8. The van der Waals surface area contributed by atoms with Crippen LogP contribution in [0.1, 0.15) is 31.4 Å². The molecular formula is C22H31N5O5. The number of likely N-dealkylation sites (tertiary alicyclic amines) is 1. The largest absolute Gasteiger partial charge is 0.493 e. The lowest BCUT2D eigenvalue weighted by Gasteiger charge is -2.26. The van der Waals surface area contributed by atoms with E-state index in [0.717, 1.165) is 19.6 Å². The molecule has 32 heavy (non-hydrogen) atoms. The van der Waals surface area contributed by atoms with Gasteiger partial charge < -0.3 is 29.4 Å². The molecule has 10 nitrogen and oxygen atoms in total. The van der Waals surface area contributed by atoms with Gasteiger partial charge in [0.2, 0.25) is 11.7 Å². The molecule has 1 aromatic carbocycles. The van der Waals surface area contributed by atoms with Gasteiger partial charge in [-0.3, -0.25) is 9.59 Å². The summed E-state index contributed by atoms with van der Waals surface area (Å²) in [4.78, 5) is 29.7. The second-order valence-corrected chi connectivity index (χ2v) is 7.62. The molecule has 0 atom stereocenters. The first-order valence-corrected chi connectivity index (χ1v) is 10.8. The number of aromatic amines is 1. The molecule has 1 aromatic heterocycles. The normalized spacial score (nSPS) is 14.1. The minimum atomic E-state index is -0.384. The van der Waals surface area contributed by atoms with Gasteiger partial charge in [0.1, 0.15) is 5.69 Å². The Morgan fingerprint density at radius 2 is 1.75 bits per heavy atom. The standard InChI is InChI=1S/C22H31N5O5/c1-30-17-13-15(14-18(31-2)20(17)32-3)21-24-22(29)16(25-26-21)7-8-19(28)23-9-12-27-10-5-4-6-11-27/h13-14H,4-12H2,1-3H3,(H,23,28)(H,24,26,29). The van der Waals surface area contributed by atoms with E-state index in [-0.39, 0.29) is 35.8 Å². The van der Waals surface area contributed by atoms with Gasteiger partial charge in [0.05, 0.1) is 21.3 Å². The molecule has 2 heterocycles. The summed E-state index contributed by atoms with van der Waals surface area (Å²) in [7, 11) is 4.53. The van der Waals surface area contributed by atoms with Crippen molar-refractivity contribution < 1.29 is 19.0 Å². The van der Waals surface area contributed by atoms with Crippen molar-refractivity contribution in [2.45, 2.75) is 32.1 Å². The summed E-state index contributed by atoms with van der Waals surface area (Å²) in [5.74, 6) is 1.49. The zero-order valence-corrected chi connectivity index (χ0v) is 18.9. The van der Waals surface area contributed by atoms with Gasteiger partial charge in [-0.15, -0.1) is 10.2 Å². The number of hydrogen-bond acceptors (Lipinski definition) is 8. The number of ether oxygens (including phenoxy) is 3. The van der Waals surface area contributed by atoms with Gasteiger partial charge in [-0.1, -0.05) is 6.42 Å². The van der Waals surface area contributed by atoms with Crippen LogP contribution in [0.4, 0.5) is 0 Å². The van der Waals surface area contributed by atoms with Gasteiger partial charge in [-0.05, 0) is 38.1 Å². The number of methoxy groups -OCH3 is 3. The lowest BCUT2D eigenvalue weighted by Crippen LogP contribution is -2.37. The van der Waals surface area contributed by atoms with Crippen molar-refractivity contribution in [1.29, 1.82) is 0 Å². The van der Waals surface area contributed by atoms with Gasteiger partial charge in [-0.25, -0.2) is 0 Å². The number of amides is 1. The minimum absolute atomic E-state index is 0.100. The number of piperidine rings is 1. The van der Waals surface area contributed by atoms with Crippen molar-refractivity contribution in [3.8, 4) is 28.6 Å². The Kier molecular flexibility index (Phi) is 8.43. The summed E-state index contributed by atoms with van der Waals surface area (Å²) in [5.41, 5.74) is 0.392. The Hall–Kier alpha value is -3.14. The Morgan fingerprint density at radius 3 is 2.34 bits per heavy atom. The zero-order valence-electron chi connectivity index (χ0n) is 18.9. The van der Waals surface area contributed by atoms with Gasteiger partial charge in [-0.2, -0.15) is 0 Å². The molecule has 0 spiro atoms. The summed E-state index contributed by atoms with van der Waals surface area (Å²) in [6, 6.07) is 3.35. The van der Waals surface area contributed by atoms with Crippen LogP contribution in [0.3, 0.4) is 0 Å². The van der Waals surface area contributed by atoms with Crippen molar-refractivity contribution in [3.05, 3.63) is 28.2 Å². The topological polar surface area (TPSA) is 119 Å². The van der Waals surface area contributed by atoms with E-state index in [1.165, 1.54) is 40.6 Å². The first kappa shape index (κ1) is 23.5. The third-order valence-corrected chi connectivity index (χ3v) is 5.49. The Labute approximate surface area is 187 Å². The van der Waals surface area contributed by atoms with Gasteiger partial charge in [0, 0.05) is 31.5 Å². The number of benzene rings is 1. The maximum absolute atomic E-state index is 12.5. The Balaban J connectivity index is 1.59. The summed E-state index contributed by atoms with van der Waals surface area (Å²) < 4.78 is 16.0. The molecule has 0 saturated carbocycles. The fraction of sp³-hybridized carbons (Fsp3) is 0.545. The number of H-pyrrole nitrogens is 1. The molecule has 2 aromatic rings. The van der Waals surface area contributed by atoms with Crippen molar-refractivity contribution in [3.63, 3.8) is 0 Å². The second kappa shape index (κ2) is 11.5. The SMILES string of the molecule is COc1cc(-c2nnc(CCC(=O)NCCN3CCCCC3)c(=O)[nH]2)cc(OC)c1OC. The van der Waals surface area contributed by atoms with Gasteiger partial charge in [0.15, 0.2) is 17.3 Å². The number of hydrogen-bond donors (Lipinski definition) is 2. The predicted molar refractivity (Wildman–Crippen MR) is 119 cm³/mol. The molecule has 174 valence electrons. The molecular weight excluding hydrogens is 414 g/mol. The van der Waals surface area contributed by atoms with E-state index < -0.39 is 0 Å². The molecule has 0 bridgehead atoms. The third-order valence-electron chi connectivity index (χ3n) is 5.49. The van der Waals surface area contributed by atoms with E-state index in [1.54, 1.807) is 12.1 Å². The minimum Gasteiger partial charge on any atom is -0.493 e. The van der Waals surface area contributed by atoms with Gasteiger partial charge >= 0.3 is 0 Å². The molecule has 1 aliphatic heterocycles. The molecule has 3 rings (SSSR count). The Bertz CT molecular complexity index is 946. The van der Waals surface area contributed by atoms with Crippen LogP contribution >= 0.6 is 0 Å². The van der Waals surface area contributed by atoms with Crippen molar-refractivity contribution in [2.75, 3.05) is 47.5 Å². The number of carbonyl (C=O) groups excluding carboxylic acids is 1. The summed E-state index contributed by atoms with van der Waals surface area (Å²) in [6.45, 7) is 3.66. The third kappa shape index (κ3) is 5.97. The highest BCUT2D eigenvalue weighted by Crippen LogP contribution is 2.40. The van der Waals surface area contributed by atoms with Crippen molar-refractivity contribution in [1.82, 2.24) is 25.4 Å². The number of nitrogens with zero attached hydrogens (tertiary/aromatic N) is 3. The number of nitrogens with one attached hydrogen (secondary N) is 2. The smallest absolute Gasteiger partial charge is 0.273 e. The number of aryl methyl sites for hydroxylation is 1. The van der Waals surface area contributed by atoms with Crippen LogP contribution in [0.25, 0.3) is 11.4 Å². The number of rotatable bonds is 10.